The van der Waals surface area contributed by atoms with Gasteiger partial charge in [-0.2, -0.15) is 0 Å². The molecule has 4 nitrogen and oxygen atoms in total. The molecule has 0 aliphatic carbocycles. The van der Waals surface area contributed by atoms with Crippen LogP contribution in [0.3, 0.4) is 0 Å². The highest BCUT2D eigenvalue weighted by Gasteiger charge is 2.13. The van der Waals surface area contributed by atoms with Crippen LogP contribution >= 0.6 is 11.6 Å². The number of hydrogen-bond donors (Lipinski definition) is 0. The summed E-state index contributed by atoms with van der Waals surface area (Å²) in [7, 11) is 1.30. The van der Waals surface area contributed by atoms with Crippen molar-refractivity contribution in [2.45, 2.75) is 19.8 Å². The lowest BCUT2D eigenvalue weighted by Crippen LogP contribution is -2.09. The Labute approximate surface area is 123 Å². The van der Waals surface area contributed by atoms with Crippen LogP contribution in [0.1, 0.15) is 25.3 Å². The van der Waals surface area contributed by atoms with Crippen LogP contribution in [-0.4, -0.2) is 25.7 Å². The van der Waals surface area contributed by atoms with Gasteiger partial charge in [0.15, 0.2) is 0 Å². The summed E-state index contributed by atoms with van der Waals surface area (Å²) in [4.78, 5) is 23.1. The van der Waals surface area contributed by atoms with Crippen molar-refractivity contribution in [2.75, 3.05) is 13.7 Å². The lowest BCUT2D eigenvalue weighted by molar-refractivity contribution is -0.143. The van der Waals surface area contributed by atoms with E-state index in [1.807, 2.05) is 6.07 Å². The van der Waals surface area contributed by atoms with Crippen LogP contribution in [0.15, 0.2) is 29.8 Å². The Kier molecular flexibility index (Phi) is 6.81. The SMILES string of the molecule is CCOC(=O)CC/C(=C\c1ccccc1Cl)C(=O)OC. The van der Waals surface area contributed by atoms with E-state index in [9.17, 15) is 9.59 Å². The molecular formula is C15H17ClO4. The van der Waals surface area contributed by atoms with E-state index in [0.717, 1.165) is 0 Å². The fourth-order valence-electron chi connectivity index (χ4n) is 1.61. The molecule has 1 rings (SSSR count). The van der Waals surface area contributed by atoms with Crippen LogP contribution in [0.4, 0.5) is 0 Å². The van der Waals surface area contributed by atoms with Gasteiger partial charge in [-0.3, -0.25) is 4.79 Å². The Bertz CT molecular complexity index is 508. The van der Waals surface area contributed by atoms with Gasteiger partial charge in [0.25, 0.3) is 0 Å². The van der Waals surface area contributed by atoms with Gasteiger partial charge in [-0.15, -0.1) is 0 Å². The van der Waals surface area contributed by atoms with E-state index in [1.54, 1.807) is 31.2 Å². The van der Waals surface area contributed by atoms with Crippen LogP contribution in [0.2, 0.25) is 5.02 Å². The standard InChI is InChI=1S/C15H17ClO4/c1-3-20-14(17)9-8-12(15(18)19-2)10-11-6-4-5-7-13(11)16/h4-7,10H,3,8-9H2,1-2H3/b12-10+. The fourth-order valence-corrected chi connectivity index (χ4v) is 1.80. The van der Waals surface area contributed by atoms with Crippen molar-refractivity contribution in [3.05, 3.63) is 40.4 Å². The predicted molar refractivity (Wildman–Crippen MR) is 77.3 cm³/mol. The third-order valence-corrected chi connectivity index (χ3v) is 2.93. The van der Waals surface area contributed by atoms with Gasteiger partial charge in [0.05, 0.1) is 13.7 Å². The monoisotopic (exact) mass is 296 g/mol. The zero-order valence-electron chi connectivity index (χ0n) is 11.5. The maximum absolute atomic E-state index is 11.7. The molecule has 0 radical (unpaired) electrons. The third-order valence-electron chi connectivity index (χ3n) is 2.59. The van der Waals surface area contributed by atoms with E-state index in [0.29, 0.717) is 22.8 Å². The number of carbonyl (C=O) groups is 2. The quantitative estimate of drug-likeness (QED) is 0.597. The van der Waals surface area contributed by atoms with Crippen molar-refractivity contribution < 1.29 is 19.1 Å². The molecule has 0 aliphatic rings. The molecular weight excluding hydrogens is 280 g/mol. The zero-order chi connectivity index (χ0) is 15.0. The van der Waals surface area contributed by atoms with Gasteiger partial charge in [-0.25, -0.2) is 4.79 Å². The molecule has 0 aromatic heterocycles. The zero-order valence-corrected chi connectivity index (χ0v) is 12.3. The van der Waals surface area contributed by atoms with E-state index >= 15 is 0 Å². The Morgan fingerprint density at radius 2 is 1.95 bits per heavy atom. The Morgan fingerprint density at radius 1 is 1.25 bits per heavy atom. The second-order valence-electron chi connectivity index (χ2n) is 3.99. The van der Waals surface area contributed by atoms with Crippen molar-refractivity contribution in [3.8, 4) is 0 Å². The third kappa shape index (κ3) is 5.05. The first-order chi connectivity index (χ1) is 9.58. The molecule has 0 heterocycles. The van der Waals surface area contributed by atoms with Crippen molar-refractivity contribution >= 4 is 29.6 Å². The molecule has 0 saturated carbocycles. The van der Waals surface area contributed by atoms with Gasteiger partial charge in [-0.1, -0.05) is 29.8 Å². The van der Waals surface area contributed by atoms with E-state index in [1.165, 1.54) is 7.11 Å². The van der Waals surface area contributed by atoms with Gasteiger partial charge >= 0.3 is 11.9 Å². The number of rotatable bonds is 6. The summed E-state index contributed by atoms with van der Waals surface area (Å²) in [5, 5.41) is 0.532. The van der Waals surface area contributed by atoms with Gasteiger partial charge in [0.1, 0.15) is 0 Å². The molecule has 1 aromatic rings. The van der Waals surface area contributed by atoms with Crippen LogP contribution in [-0.2, 0) is 19.1 Å². The van der Waals surface area contributed by atoms with Gasteiger partial charge in [0, 0.05) is 17.0 Å². The molecule has 5 heteroatoms. The van der Waals surface area contributed by atoms with Crippen LogP contribution in [0, 0.1) is 0 Å². The number of halogens is 1. The number of benzene rings is 1. The van der Waals surface area contributed by atoms with Crippen LogP contribution in [0.5, 0.6) is 0 Å². The number of ether oxygens (including phenoxy) is 2. The van der Waals surface area contributed by atoms with Gasteiger partial charge < -0.3 is 9.47 Å². The summed E-state index contributed by atoms with van der Waals surface area (Å²) in [5.74, 6) is -0.823. The maximum atomic E-state index is 11.7. The molecule has 0 fully saturated rings. The maximum Gasteiger partial charge on any atom is 0.333 e. The number of methoxy groups -OCH3 is 1. The Morgan fingerprint density at radius 3 is 2.55 bits per heavy atom. The van der Waals surface area contributed by atoms with Gasteiger partial charge in [-0.05, 0) is 31.1 Å². The fraction of sp³-hybridized carbons (Fsp3) is 0.333. The molecule has 0 N–H and O–H groups in total. The molecule has 0 unspecified atom stereocenters. The molecule has 0 aliphatic heterocycles. The van der Waals surface area contributed by atoms with E-state index in [4.69, 9.17) is 21.1 Å². The molecule has 0 saturated heterocycles. The first-order valence-corrected chi connectivity index (χ1v) is 6.65. The normalized spacial score (nSPS) is 11.1. The number of esters is 2. The summed E-state index contributed by atoms with van der Waals surface area (Å²) in [5.41, 5.74) is 1.09. The highest BCUT2D eigenvalue weighted by Crippen LogP contribution is 2.20. The molecule has 108 valence electrons. The molecule has 0 spiro atoms. The summed E-state index contributed by atoms with van der Waals surface area (Å²) >= 11 is 6.04. The van der Waals surface area contributed by atoms with Gasteiger partial charge in [0.2, 0.25) is 0 Å². The highest BCUT2D eigenvalue weighted by molar-refractivity contribution is 6.32. The summed E-state index contributed by atoms with van der Waals surface area (Å²) in [6.07, 6.45) is 2.00. The minimum Gasteiger partial charge on any atom is -0.466 e. The Balaban J connectivity index is 2.87. The lowest BCUT2D eigenvalue weighted by Gasteiger charge is -2.06. The van der Waals surface area contributed by atoms with Crippen molar-refractivity contribution in [3.63, 3.8) is 0 Å². The largest absolute Gasteiger partial charge is 0.466 e. The second kappa shape index (κ2) is 8.38. The molecule has 0 atom stereocenters. The number of carbonyl (C=O) groups excluding carboxylic acids is 2. The first-order valence-electron chi connectivity index (χ1n) is 6.27. The van der Waals surface area contributed by atoms with Crippen LogP contribution in [0.25, 0.3) is 6.08 Å². The lowest BCUT2D eigenvalue weighted by atomic mass is 10.1. The van der Waals surface area contributed by atoms with Crippen LogP contribution < -0.4 is 0 Å². The Hall–Kier alpha value is -1.81. The van der Waals surface area contributed by atoms with E-state index in [2.05, 4.69) is 0 Å². The van der Waals surface area contributed by atoms with Crippen molar-refractivity contribution in [2.24, 2.45) is 0 Å². The second-order valence-corrected chi connectivity index (χ2v) is 4.39. The van der Waals surface area contributed by atoms with E-state index in [-0.39, 0.29) is 18.8 Å². The molecule has 20 heavy (non-hydrogen) atoms. The smallest absolute Gasteiger partial charge is 0.333 e. The van der Waals surface area contributed by atoms with E-state index < -0.39 is 5.97 Å². The minimum atomic E-state index is -0.478. The summed E-state index contributed by atoms with van der Waals surface area (Å²) < 4.78 is 9.55. The highest BCUT2D eigenvalue weighted by atomic mass is 35.5. The summed E-state index contributed by atoms with van der Waals surface area (Å²) in [6, 6.07) is 7.14. The molecule has 0 bridgehead atoms. The van der Waals surface area contributed by atoms with Crippen molar-refractivity contribution in [1.82, 2.24) is 0 Å². The molecule has 0 amide bonds. The minimum absolute atomic E-state index is 0.124. The number of hydrogen-bond acceptors (Lipinski definition) is 4. The summed E-state index contributed by atoms with van der Waals surface area (Å²) in [6.45, 7) is 2.05. The molecule has 1 aromatic carbocycles. The average Bonchev–Trinajstić information content (AvgIpc) is 2.44. The first kappa shape index (κ1) is 16.2. The predicted octanol–water partition coefficient (Wildman–Crippen LogP) is 3.24. The average molecular weight is 297 g/mol. The van der Waals surface area contributed by atoms with Crippen molar-refractivity contribution in [1.29, 1.82) is 0 Å². The topological polar surface area (TPSA) is 52.6 Å².